The van der Waals surface area contributed by atoms with Gasteiger partial charge in [-0.3, -0.25) is 9.78 Å². The zero-order valence-corrected chi connectivity index (χ0v) is 11.4. The van der Waals surface area contributed by atoms with Gasteiger partial charge in [-0.1, -0.05) is 0 Å². The highest BCUT2D eigenvalue weighted by molar-refractivity contribution is 5.94. The minimum absolute atomic E-state index is 0.193. The molecule has 0 aliphatic heterocycles. The molecule has 0 saturated carbocycles. The number of aromatic nitrogens is 1. The molecule has 0 aliphatic carbocycles. The van der Waals surface area contributed by atoms with Gasteiger partial charge in [-0.05, 0) is 26.0 Å². The Morgan fingerprint density at radius 1 is 1.42 bits per heavy atom. The molecule has 0 radical (unpaired) electrons. The number of ether oxygens (including phenoxy) is 2. The monoisotopic (exact) mass is 267 g/mol. The molecule has 0 fully saturated rings. The quantitative estimate of drug-likeness (QED) is 0.676. The second-order valence-electron chi connectivity index (χ2n) is 3.79. The van der Waals surface area contributed by atoms with Crippen LogP contribution in [0.3, 0.4) is 0 Å². The van der Waals surface area contributed by atoms with Crippen molar-refractivity contribution in [3.05, 3.63) is 29.6 Å². The summed E-state index contributed by atoms with van der Waals surface area (Å²) in [6.07, 6.45) is 1.15. The van der Waals surface area contributed by atoms with E-state index in [1.807, 2.05) is 13.8 Å². The topological polar surface area (TPSA) is 86.5 Å². The number of rotatable bonds is 8. The fourth-order valence-corrected chi connectivity index (χ4v) is 1.55. The Hall–Kier alpha value is -1.50. The third kappa shape index (κ3) is 5.34. The predicted molar refractivity (Wildman–Crippen MR) is 71.5 cm³/mol. The summed E-state index contributed by atoms with van der Waals surface area (Å²) in [5.41, 5.74) is 6.70. The van der Waals surface area contributed by atoms with Crippen molar-refractivity contribution in [1.82, 2.24) is 10.3 Å². The van der Waals surface area contributed by atoms with E-state index >= 15 is 0 Å². The van der Waals surface area contributed by atoms with Crippen molar-refractivity contribution in [3.63, 3.8) is 0 Å². The highest BCUT2D eigenvalue weighted by Gasteiger charge is 2.11. The molecule has 1 rings (SSSR count). The maximum atomic E-state index is 11.9. The van der Waals surface area contributed by atoms with Crippen LogP contribution in [0, 0.1) is 0 Å². The average Bonchev–Trinajstić information content (AvgIpc) is 2.45. The summed E-state index contributed by atoms with van der Waals surface area (Å²) in [7, 11) is 0. The van der Waals surface area contributed by atoms with Crippen LogP contribution in [0.1, 0.15) is 29.9 Å². The van der Waals surface area contributed by atoms with E-state index in [9.17, 15) is 4.79 Å². The fourth-order valence-electron chi connectivity index (χ4n) is 1.55. The largest absolute Gasteiger partial charge is 0.351 e. The fraction of sp³-hybridized carbons (Fsp3) is 0.538. The van der Waals surface area contributed by atoms with Crippen LogP contribution in [-0.4, -0.2) is 36.9 Å². The van der Waals surface area contributed by atoms with E-state index in [-0.39, 0.29) is 5.91 Å². The molecule has 0 spiro atoms. The average molecular weight is 267 g/mol. The zero-order valence-electron chi connectivity index (χ0n) is 11.4. The lowest BCUT2D eigenvalue weighted by Crippen LogP contribution is -2.35. The van der Waals surface area contributed by atoms with E-state index in [0.29, 0.717) is 37.6 Å². The van der Waals surface area contributed by atoms with Crippen molar-refractivity contribution in [2.45, 2.75) is 26.7 Å². The maximum Gasteiger partial charge on any atom is 0.251 e. The summed E-state index contributed by atoms with van der Waals surface area (Å²) < 4.78 is 10.7. The third-order valence-electron chi connectivity index (χ3n) is 2.42. The standard InChI is InChI=1S/C13H21N3O3/c1-3-18-12(19-4-2)9-16-13(17)10-5-6-15-11(7-10)8-14/h5-7,12H,3-4,8-9,14H2,1-2H3,(H,16,17). The van der Waals surface area contributed by atoms with Crippen LogP contribution in [-0.2, 0) is 16.0 Å². The molecule has 0 atom stereocenters. The number of nitrogens with two attached hydrogens (primary N) is 1. The number of carbonyl (C=O) groups excluding carboxylic acids is 1. The molecule has 0 bridgehead atoms. The van der Waals surface area contributed by atoms with Gasteiger partial charge in [-0.25, -0.2) is 0 Å². The smallest absolute Gasteiger partial charge is 0.251 e. The first-order valence-corrected chi connectivity index (χ1v) is 6.37. The van der Waals surface area contributed by atoms with Crippen molar-refractivity contribution in [2.24, 2.45) is 5.73 Å². The Morgan fingerprint density at radius 3 is 2.68 bits per heavy atom. The molecule has 1 amide bonds. The summed E-state index contributed by atoms with van der Waals surface area (Å²) in [6.45, 7) is 5.44. The molecule has 0 aromatic carbocycles. The number of nitrogens with zero attached hydrogens (tertiary/aromatic N) is 1. The molecule has 0 saturated heterocycles. The van der Waals surface area contributed by atoms with Crippen molar-refractivity contribution >= 4 is 5.91 Å². The van der Waals surface area contributed by atoms with Crippen LogP contribution in [0.15, 0.2) is 18.3 Å². The molecule has 6 heteroatoms. The molecule has 1 aromatic heterocycles. The molecule has 106 valence electrons. The van der Waals surface area contributed by atoms with Gasteiger partial charge in [-0.15, -0.1) is 0 Å². The lowest BCUT2D eigenvalue weighted by atomic mass is 10.2. The van der Waals surface area contributed by atoms with Gasteiger partial charge in [0, 0.05) is 31.5 Å². The maximum absolute atomic E-state index is 11.9. The van der Waals surface area contributed by atoms with Crippen LogP contribution in [0.25, 0.3) is 0 Å². The molecule has 6 nitrogen and oxygen atoms in total. The van der Waals surface area contributed by atoms with Crippen LogP contribution in [0.2, 0.25) is 0 Å². The highest BCUT2D eigenvalue weighted by atomic mass is 16.7. The predicted octanol–water partition coefficient (Wildman–Crippen LogP) is 0.669. The lowest BCUT2D eigenvalue weighted by Gasteiger charge is -2.17. The summed E-state index contributed by atoms with van der Waals surface area (Å²) in [5, 5.41) is 2.76. The van der Waals surface area contributed by atoms with Gasteiger partial charge in [0.15, 0.2) is 6.29 Å². The zero-order chi connectivity index (χ0) is 14.1. The van der Waals surface area contributed by atoms with Gasteiger partial charge in [-0.2, -0.15) is 0 Å². The Morgan fingerprint density at radius 2 is 2.11 bits per heavy atom. The Balaban J connectivity index is 2.53. The molecule has 1 heterocycles. The molecule has 0 unspecified atom stereocenters. The van der Waals surface area contributed by atoms with Gasteiger partial charge >= 0.3 is 0 Å². The van der Waals surface area contributed by atoms with Crippen LogP contribution in [0.5, 0.6) is 0 Å². The molecule has 1 aromatic rings. The summed E-state index contributed by atoms with van der Waals surface area (Å²) in [5.74, 6) is -0.193. The molecule has 3 N–H and O–H groups in total. The summed E-state index contributed by atoms with van der Waals surface area (Å²) in [4.78, 5) is 16.0. The van der Waals surface area contributed by atoms with Gasteiger partial charge in [0.05, 0.1) is 12.2 Å². The lowest BCUT2D eigenvalue weighted by molar-refractivity contribution is -0.131. The second-order valence-corrected chi connectivity index (χ2v) is 3.79. The van der Waals surface area contributed by atoms with Crippen molar-refractivity contribution in [3.8, 4) is 0 Å². The summed E-state index contributed by atoms with van der Waals surface area (Å²) in [6, 6.07) is 3.32. The Kier molecular flexibility index (Phi) is 7.02. The number of hydrogen-bond acceptors (Lipinski definition) is 5. The number of carbonyl (C=O) groups is 1. The van der Waals surface area contributed by atoms with Crippen LogP contribution < -0.4 is 11.1 Å². The normalized spacial score (nSPS) is 10.7. The number of pyridine rings is 1. The first kappa shape index (κ1) is 15.6. The number of hydrogen-bond donors (Lipinski definition) is 2. The van der Waals surface area contributed by atoms with Gasteiger partial charge in [0.25, 0.3) is 5.91 Å². The second kappa shape index (κ2) is 8.58. The van der Waals surface area contributed by atoms with Gasteiger partial charge < -0.3 is 20.5 Å². The van der Waals surface area contributed by atoms with E-state index in [4.69, 9.17) is 15.2 Å². The molecule has 19 heavy (non-hydrogen) atoms. The third-order valence-corrected chi connectivity index (χ3v) is 2.42. The van der Waals surface area contributed by atoms with E-state index in [0.717, 1.165) is 0 Å². The van der Waals surface area contributed by atoms with Crippen molar-refractivity contribution in [2.75, 3.05) is 19.8 Å². The number of amides is 1. The Labute approximate surface area is 113 Å². The van der Waals surface area contributed by atoms with Crippen LogP contribution >= 0.6 is 0 Å². The molecule has 0 aliphatic rings. The van der Waals surface area contributed by atoms with Gasteiger partial charge in [0.2, 0.25) is 0 Å². The first-order chi connectivity index (χ1) is 9.21. The Bertz CT molecular complexity index is 392. The van der Waals surface area contributed by atoms with E-state index in [2.05, 4.69) is 10.3 Å². The van der Waals surface area contributed by atoms with E-state index < -0.39 is 6.29 Å². The minimum atomic E-state index is -0.422. The summed E-state index contributed by atoms with van der Waals surface area (Å²) >= 11 is 0. The molecular formula is C13H21N3O3. The van der Waals surface area contributed by atoms with E-state index in [1.54, 1.807) is 18.3 Å². The molecular weight excluding hydrogens is 246 g/mol. The number of nitrogens with one attached hydrogen (secondary N) is 1. The van der Waals surface area contributed by atoms with E-state index in [1.165, 1.54) is 0 Å². The SMILES string of the molecule is CCOC(CNC(=O)c1ccnc(CN)c1)OCC. The minimum Gasteiger partial charge on any atom is -0.351 e. The highest BCUT2D eigenvalue weighted by Crippen LogP contribution is 2.02. The van der Waals surface area contributed by atoms with Gasteiger partial charge in [0.1, 0.15) is 0 Å². The van der Waals surface area contributed by atoms with Crippen molar-refractivity contribution in [1.29, 1.82) is 0 Å². The van der Waals surface area contributed by atoms with Crippen molar-refractivity contribution < 1.29 is 14.3 Å². The van der Waals surface area contributed by atoms with Crippen LogP contribution in [0.4, 0.5) is 0 Å². The first-order valence-electron chi connectivity index (χ1n) is 6.37.